The molecule has 0 aromatic heterocycles. The van der Waals surface area contributed by atoms with Gasteiger partial charge >= 0.3 is 12.1 Å². The van der Waals surface area contributed by atoms with E-state index in [-0.39, 0.29) is 18.4 Å². The largest absolute Gasteiger partial charge is 0.481 e. The SMILES string of the molecule is O=C(O)C1CC(C(=O)c2cccc(C(F)(F)F)c2)C1. The third-order valence-corrected chi connectivity index (χ3v) is 3.33. The van der Waals surface area contributed by atoms with Crippen LogP contribution in [0.25, 0.3) is 0 Å². The Morgan fingerprint density at radius 2 is 1.79 bits per heavy atom. The molecule has 102 valence electrons. The molecule has 0 saturated heterocycles. The summed E-state index contributed by atoms with van der Waals surface area (Å²) in [6.45, 7) is 0. The number of carbonyl (C=O) groups excluding carboxylic acids is 1. The van der Waals surface area contributed by atoms with E-state index in [0.29, 0.717) is 0 Å². The monoisotopic (exact) mass is 272 g/mol. The molecule has 0 spiro atoms. The summed E-state index contributed by atoms with van der Waals surface area (Å²) < 4.78 is 37.5. The second-order valence-corrected chi connectivity index (χ2v) is 4.65. The van der Waals surface area contributed by atoms with E-state index >= 15 is 0 Å². The van der Waals surface area contributed by atoms with E-state index in [1.54, 1.807) is 0 Å². The topological polar surface area (TPSA) is 54.4 Å². The summed E-state index contributed by atoms with van der Waals surface area (Å²) >= 11 is 0. The van der Waals surface area contributed by atoms with E-state index in [1.807, 2.05) is 0 Å². The van der Waals surface area contributed by atoms with Crippen molar-refractivity contribution in [3.8, 4) is 0 Å². The quantitative estimate of drug-likeness (QED) is 0.860. The van der Waals surface area contributed by atoms with Crippen molar-refractivity contribution >= 4 is 11.8 Å². The second-order valence-electron chi connectivity index (χ2n) is 4.65. The normalized spacial score (nSPS) is 22.7. The predicted molar refractivity (Wildman–Crippen MR) is 59.6 cm³/mol. The van der Waals surface area contributed by atoms with Gasteiger partial charge in [-0.05, 0) is 25.0 Å². The van der Waals surface area contributed by atoms with Crippen molar-refractivity contribution in [2.45, 2.75) is 19.0 Å². The number of carboxylic acid groups (broad SMARTS) is 1. The van der Waals surface area contributed by atoms with Gasteiger partial charge in [0.25, 0.3) is 0 Å². The molecule has 1 aromatic carbocycles. The molecule has 1 saturated carbocycles. The lowest BCUT2D eigenvalue weighted by Gasteiger charge is -2.31. The van der Waals surface area contributed by atoms with Crippen LogP contribution in [0, 0.1) is 11.8 Å². The van der Waals surface area contributed by atoms with Gasteiger partial charge in [-0.25, -0.2) is 0 Å². The number of alkyl halides is 3. The van der Waals surface area contributed by atoms with Gasteiger partial charge in [0.2, 0.25) is 0 Å². The molecule has 19 heavy (non-hydrogen) atoms. The zero-order valence-corrected chi connectivity index (χ0v) is 9.78. The van der Waals surface area contributed by atoms with Gasteiger partial charge in [-0.1, -0.05) is 12.1 Å². The second kappa shape index (κ2) is 4.68. The maximum absolute atomic E-state index is 12.5. The highest BCUT2D eigenvalue weighted by Gasteiger charge is 2.39. The molecule has 0 bridgehead atoms. The Hall–Kier alpha value is -1.85. The third-order valence-electron chi connectivity index (χ3n) is 3.33. The van der Waals surface area contributed by atoms with E-state index < -0.39 is 35.3 Å². The van der Waals surface area contributed by atoms with Gasteiger partial charge < -0.3 is 5.11 Å². The molecule has 2 rings (SSSR count). The van der Waals surface area contributed by atoms with Crippen LogP contribution in [0.3, 0.4) is 0 Å². The molecule has 1 N–H and O–H groups in total. The summed E-state index contributed by atoms with van der Waals surface area (Å²) in [7, 11) is 0. The van der Waals surface area contributed by atoms with Crippen LogP contribution in [0.1, 0.15) is 28.8 Å². The number of carbonyl (C=O) groups is 2. The van der Waals surface area contributed by atoms with Crippen molar-refractivity contribution in [2.24, 2.45) is 11.8 Å². The molecule has 1 aliphatic rings. The van der Waals surface area contributed by atoms with E-state index in [9.17, 15) is 22.8 Å². The highest BCUT2D eigenvalue weighted by atomic mass is 19.4. The van der Waals surface area contributed by atoms with Gasteiger partial charge in [-0.2, -0.15) is 13.2 Å². The smallest absolute Gasteiger partial charge is 0.416 e. The number of rotatable bonds is 3. The van der Waals surface area contributed by atoms with Crippen LogP contribution in [0.15, 0.2) is 24.3 Å². The molecule has 0 aliphatic heterocycles. The van der Waals surface area contributed by atoms with E-state index in [4.69, 9.17) is 5.11 Å². The van der Waals surface area contributed by atoms with Gasteiger partial charge in [0.05, 0.1) is 11.5 Å². The summed E-state index contributed by atoms with van der Waals surface area (Å²) in [5.74, 6) is -2.42. The predicted octanol–water partition coefficient (Wildman–Crippen LogP) is 3.00. The van der Waals surface area contributed by atoms with Crippen molar-refractivity contribution < 1.29 is 27.9 Å². The lowest BCUT2D eigenvalue weighted by Crippen LogP contribution is -2.35. The standard InChI is InChI=1S/C13H11F3O3/c14-13(15,16)10-3-1-2-7(6-10)11(17)8-4-9(5-8)12(18)19/h1-3,6,8-9H,4-5H2,(H,18,19). The van der Waals surface area contributed by atoms with Crippen LogP contribution in [0.5, 0.6) is 0 Å². The number of benzene rings is 1. The molecule has 1 fully saturated rings. The number of hydrogen-bond acceptors (Lipinski definition) is 2. The fourth-order valence-corrected chi connectivity index (χ4v) is 2.12. The Balaban J connectivity index is 2.11. The van der Waals surface area contributed by atoms with Gasteiger partial charge in [0.1, 0.15) is 0 Å². The lowest BCUT2D eigenvalue weighted by atomic mass is 9.71. The maximum Gasteiger partial charge on any atom is 0.416 e. The third kappa shape index (κ3) is 2.77. The molecule has 0 radical (unpaired) electrons. The first kappa shape index (κ1) is 13.6. The van der Waals surface area contributed by atoms with Crippen molar-refractivity contribution in [3.05, 3.63) is 35.4 Å². The first-order chi connectivity index (χ1) is 8.79. The summed E-state index contributed by atoms with van der Waals surface area (Å²) in [5, 5.41) is 8.69. The van der Waals surface area contributed by atoms with E-state index in [2.05, 4.69) is 0 Å². The molecule has 6 heteroatoms. The van der Waals surface area contributed by atoms with Crippen molar-refractivity contribution in [2.75, 3.05) is 0 Å². The fraction of sp³-hybridized carbons (Fsp3) is 0.385. The maximum atomic E-state index is 12.5. The van der Waals surface area contributed by atoms with Crippen LogP contribution < -0.4 is 0 Å². The molecule has 0 heterocycles. The Labute approximate surface area is 107 Å². The van der Waals surface area contributed by atoms with Crippen LogP contribution in [0.4, 0.5) is 13.2 Å². The van der Waals surface area contributed by atoms with Gasteiger partial charge in [0.15, 0.2) is 5.78 Å². The average molecular weight is 272 g/mol. The number of ketones is 1. The number of halogens is 3. The minimum absolute atomic E-state index is 0.0105. The van der Waals surface area contributed by atoms with Crippen LogP contribution >= 0.6 is 0 Å². The molecular formula is C13H11F3O3. The minimum Gasteiger partial charge on any atom is -0.481 e. The molecular weight excluding hydrogens is 261 g/mol. The van der Waals surface area contributed by atoms with Gasteiger partial charge in [-0.15, -0.1) is 0 Å². The summed E-state index contributed by atoms with van der Waals surface area (Å²) in [5.41, 5.74) is -0.879. The van der Waals surface area contributed by atoms with Crippen molar-refractivity contribution in [1.82, 2.24) is 0 Å². The van der Waals surface area contributed by atoms with Crippen LogP contribution in [-0.2, 0) is 11.0 Å². The first-order valence-electron chi connectivity index (χ1n) is 5.73. The number of hydrogen-bond donors (Lipinski definition) is 1. The zero-order valence-electron chi connectivity index (χ0n) is 9.78. The minimum atomic E-state index is -4.49. The highest BCUT2D eigenvalue weighted by Crippen LogP contribution is 2.37. The van der Waals surface area contributed by atoms with Gasteiger partial charge in [-0.3, -0.25) is 9.59 Å². The van der Waals surface area contributed by atoms with Crippen molar-refractivity contribution in [3.63, 3.8) is 0 Å². The molecule has 0 atom stereocenters. The van der Waals surface area contributed by atoms with E-state index in [0.717, 1.165) is 12.1 Å². The summed E-state index contributed by atoms with van der Waals surface area (Å²) in [6, 6.07) is 4.23. The Morgan fingerprint density at radius 1 is 1.16 bits per heavy atom. The van der Waals surface area contributed by atoms with Crippen molar-refractivity contribution in [1.29, 1.82) is 0 Å². The number of aliphatic carboxylic acids is 1. The summed E-state index contributed by atoms with van der Waals surface area (Å²) in [6.07, 6.45) is -4.09. The Morgan fingerprint density at radius 3 is 2.32 bits per heavy atom. The number of Topliss-reactive ketones (excluding diaryl/α,β-unsaturated/α-hetero) is 1. The lowest BCUT2D eigenvalue weighted by molar-refractivity contribution is -0.145. The molecule has 0 amide bonds. The van der Waals surface area contributed by atoms with Crippen LogP contribution in [-0.4, -0.2) is 16.9 Å². The molecule has 3 nitrogen and oxygen atoms in total. The van der Waals surface area contributed by atoms with E-state index in [1.165, 1.54) is 12.1 Å². The zero-order chi connectivity index (χ0) is 14.2. The highest BCUT2D eigenvalue weighted by molar-refractivity contribution is 5.99. The Bertz CT molecular complexity index is 516. The van der Waals surface area contributed by atoms with Gasteiger partial charge in [0, 0.05) is 11.5 Å². The average Bonchev–Trinajstić information content (AvgIpc) is 2.25. The molecule has 1 aromatic rings. The molecule has 0 unspecified atom stereocenters. The molecule has 1 aliphatic carbocycles. The summed E-state index contributed by atoms with van der Waals surface area (Å²) in [4.78, 5) is 22.5. The fourth-order valence-electron chi connectivity index (χ4n) is 2.12. The first-order valence-corrected chi connectivity index (χ1v) is 5.73. The number of carboxylic acids is 1. The van der Waals surface area contributed by atoms with Crippen LogP contribution in [0.2, 0.25) is 0 Å². The Kier molecular flexibility index (Phi) is 3.34.